The van der Waals surface area contributed by atoms with E-state index in [1.165, 1.54) is 0 Å². The first-order valence-electron chi connectivity index (χ1n) is 5.95. The van der Waals surface area contributed by atoms with Crippen molar-refractivity contribution in [3.63, 3.8) is 0 Å². The second kappa shape index (κ2) is 5.15. The fourth-order valence-electron chi connectivity index (χ4n) is 1.51. The Labute approximate surface area is 98.1 Å². The predicted octanol–water partition coefficient (Wildman–Crippen LogP) is 1.54. The summed E-state index contributed by atoms with van der Waals surface area (Å²) in [5.41, 5.74) is 1.06. The van der Waals surface area contributed by atoms with Gasteiger partial charge in [-0.05, 0) is 26.7 Å². The molecule has 4 nitrogen and oxygen atoms in total. The first-order chi connectivity index (χ1) is 7.29. The van der Waals surface area contributed by atoms with Crippen molar-refractivity contribution in [1.29, 1.82) is 0 Å². The average Bonchev–Trinajstić information content (AvgIpc) is 2.61. The molecule has 0 amide bonds. The largest absolute Gasteiger partial charge is 0.389 e. The lowest BCUT2D eigenvalue weighted by Crippen LogP contribution is -2.44. The van der Waals surface area contributed by atoms with Gasteiger partial charge in [0.2, 0.25) is 0 Å². The molecule has 4 heteroatoms. The van der Waals surface area contributed by atoms with Crippen LogP contribution < -0.4 is 5.32 Å². The van der Waals surface area contributed by atoms with E-state index in [1.807, 2.05) is 0 Å². The molecule has 1 rings (SSSR count). The number of aliphatic hydroxyl groups is 1. The number of oxime groups is 1. The molecule has 0 unspecified atom stereocenters. The molecule has 1 aliphatic rings. The fraction of sp³-hybridized carbons (Fsp3) is 0.917. The van der Waals surface area contributed by atoms with Gasteiger partial charge in [-0.25, -0.2) is 0 Å². The third-order valence-electron chi connectivity index (χ3n) is 2.65. The zero-order valence-corrected chi connectivity index (χ0v) is 10.9. The van der Waals surface area contributed by atoms with Crippen molar-refractivity contribution in [2.24, 2.45) is 11.1 Å². The zero-order valence-electron chi connectivity index (χ0n) is 10.9. The molecule has 0 aliphatic carbocycles. The van der Waals surface area contributed by atoms with Crippen molar-refractivity contribution < 1.29 is 9.94 Å². The van der Waals surface area contributed by atoms with Crippen LogP contribution in [0.3, 0.4) is 0 Å². The minimum Gasteiger partial charge on any atom is -0.389 e. The third-order valence-corrected chi connectivity index (χ3v) is 2.65. The Balaban J connectivity index is 2.33. The molecule has 0 aromatic rings. The van der Waals surface area contributed by atoms with E-state index < -0.39 is 6.10 Å². The number of nitrogens with zero attached hydrogens (tertiary/aromatic N) is 1. The van der Waals surface area contributed by atoms with Crippen molar-refractivity contribution >= 4 is 5.71 Å². The molecule has 94 valence electrons. The molecule has 0 fully saturated rings. The Morgan fingerprint density at radius 2 is 2.12 bits per heavy atom. The van der Waals surface area contributed by atoms with E-state index in [9.17, 15) is 5.11 Å². The second-order valence-electron chi connectivity index (χ2n) is 5.78. The number of hydrogen-bond donors (Lipinski definition) is 2. The lowest BCUT2D eigenvalue weighted by atomic mass is 9.99. The van der Waals surface area contributed by atoms with E-state index in [1.54, 1.807) is 0 Å². The molecule has 2 N–H and O–H groups in total. The molecule has 16 heavy (non-hydrogen) atoms. The highest BCUT2D eigenvalue weighted by Crippen LogP contribution is 2.18. The number of hydrogen-bond acceptors (Lipinski definition) is 4. The molecule has 0 saturated heterocycles. The van der Waals surface area contributed by atoms with Gasteiger partial charge in [-0.3, -0.25) is 0 Å². The van der Waals surface area contributed by atoms with Crippen LogP contribution >= 0.6 is 0 Å². The van der Waals surface area contributed by atoms with Crippen molar-refractivity contribution in [3.8, 4) is 0 Å². The van der Waals surface area contributed by atoms with E-state index >= 15 is 0 Å². The summed E-state index contributed by atoms with van der Waals surface area (Å²) in [6.07, 6.45) is 0.0523. The minimum absolute atomic E-state index is 0.0152. The van der Waals surface area contributed by atoms with Crippen molar-refractivity contribution in [2.45, 2.75) is 58.8 Å². The number of β-amino-alcohol motifs (C(OH)–C–C–N with tert-alkyl or cyclic N) is 1. The summed E-state index contributed by atoms with van der Waals surface area (Å²) in [6, 6.07) is 0. The Hall–Kier alpha value is -0.610. The molecule has 1 aliphatic heterocycles. The van der Waals surface area contributed by atoms with Crippen LogP contribution in [0.15, 0.2) is 5.16 Å². The van der Waals surface area contributed by atoms with Gasteiger partial charge in [0.1, 0.15) is 6.10 Å². The minimum atomic E-state index is -0.501. The van der Waals surface area contributed by atoms with E-state index in [-0.39, 0.29) is 11.6 Å². The van der Waals surface area contributed by atoms with Gasteiger partial charge in [-0.15, -0.1) is 0 Å². The smallest absolute Gasteiger partial charge is 0.159 e. The molecule has 0 aromatic carbocycles. The highest BCUT2D eigenvalue weighted by Gasteiger charge is 2.29. The molecule has 0 aromatic heterocycles. The third kappa shape index (κ3) is 4.10. The normalized spacial score (nSPS) is 23.2. The number of rotatable bonds is 4. The van der Waals surface area contributed by atoms with Crippen LogP contribution in [0.1, 0.15) is 41.0 Å². The SMILES string of the molecule is CC(C)C1=NO[C@@H]([C@@H](O)CNC(C)(C)C)C1. The Morgan fingerprint density at radius 3 is 2.56 bits per heavy atom. The zero-order chi connectivity index (χ0) is 12.3. The number of nitrogens with one attached hydrogen (secondary N) is 1. The second-order valence-corrected chi connectivity index (χ2v) is 5.78. The summed E-state index contributed by atoms with van der Waals surface area (Å²) in [4.78, 5) is 5.25. The van der Waals surface area contributed by atoms with E-state index in [2.05, 4.69) is 45.1 Å². The topological polar surface area (TPSA) is 53.9 Å². The van der Waals surface area contributed by atoms with Gasteiger partial charge < -0.3 is 15.3 Å². The maximum atomic E-state index is 9.95. The fourth-order valence-corrected chi connectivity index (χ4v) is 1.51. The van der Waals surface area contributed by atoms with Crippen molar-refractivity contribution in [1.82, 2.24) is 5.32 Å². The summed E-state index contributed by atoms with van der Waals surface area (Å²) in [6.45, 7) is 10.9. The predicted molar refractivity (Wildman–Crippen MR) is 65.5 cm³/mol. The molecule has 0 saturated carbocycles. The quantitative estimate of drug-likeness (QED) is 0.767. The van der Waals surface area contributed by atoms with Gasteiger partial charge in [0.15, 0.2) is 6.10 Å². The summed E-state index contributed by atoms with van der Waals surface area (Å²) in [5.74, 6) is 0.396. The molecule has 2 atom stereocenters. The van der Waals surface area contributed by atoms with Gasteiger partial charge in [-0.1, -0.05) is 19.0 Å². The van der Waals surface area contributed by atoms with Gasteiger partial charge in [-0.2, -0.15) is 0 Å². The molecular formula is C12H24N2O2. The molecule has 1 heterocycles. The summed E-state index contributed by atoms with van der Waals surface area (Å²) in [7, 11) is 0. The summed E-state index contributed by atoms with van der Waals surface area (Å²) < 4.78 is 0. The standard InChI is InChI=1S/C12H24N2O2/c1-8(2)9-6-11(16-14-9)10(15)7-13-12(3,4)5/h8,10-11,13,15H,6-7H2,1-5H3/t10-,11+/m0/s1. The molecule has 0 spiro atoms. The summed E-state index contributed by atoms with van der Waals surface area (Å²) >= 11 is 0. The van der Waals surface area contributed by atoms with Crippen LogP contribution in [0.5, 0.6) is 0 Å². The molecule has 0 bridgehead atoms. The Morgan fingerprint density at radius 1 is 1.50 bits per heavy atom. The first kappa shape index (κ1) is 13.5. The maximum Gasteiger partial charge on any atom is 0.159 e. The van der Waals surface area contributed by atoms with Gasteiger partial charge in [0.05, 0.1) is 5.71 Å². The Kier molecular flexibility index (Phi) is 4.33. The monoisotopic (exact) mass is 228 g/mol. The van der Waals surface area contributed by atoms with Crippen LogP contribution in [0.4, 0.5) is 0 Å². The Bertz CT molecular complexity index is 256. The van der Waals surface area contributed by atoms with E-state index in [4.69, 9.17) is 4.84 Å². The number of aliphatic hydroxyl groups excluding tert-OH is 1. The van der Waals surface area contributed by atoms with Crippen LogP contribution in [0, 0.1) is 5.92 Å². The highest BCUT2D eigenvalue weighted by molar-refractivity contribution is 5.87. The molecule has 0 radical (unpaired) electrons. The van der Waals surface area contributed by atoms with E-state index in [0.717, 1.165) is 12.1 Å². The van der Waals surface area contributed by atoms with Crippen LogP contribution in [0.25, 0.3) is 0 Å². The summed E-state index contributed by atoms with van der Waals surface area (Å²) in [5, 5.41) is 17.2. The lowest BCUT2D eigenvalue weighted by molar-refractivity contribution is -0.0181. The molecular weight excluding hydrogens is 204 g/mol. The van der Waals surface area contributed by atoms with Crippen molar-refractivity contribution in [3.05, 3.63) is 0 Å². The maximum absolute atomic E-state index is 9.95. The van der Waals surface area contributed by atoms with Crippen LogP contribution in [0.2, 0.25) is 0 Å². The van der Waals surface area contributed by atoms with Crippen LogP contribution in [-0.4, -0.2) is 35.1 Å². The first-order valence-corrected chi connectivity index (χ1v) is 5.95. The highest BCUT2D eigenvalue weighted by atomic mass is 16.7. The average molecular weight is 228 g/mol. The van der Waals surface area contributed by atoms with E-state index in [0.29, 0.717) is 12.5 Å². The van der Waals surface area contributed by atoms with Crippen molar-refractivity contribution in [2.75, 3.05) is 6.54 Å². The van der Waals surface area contributed by atoms with Crippen LogP contribution in [-0.2, 0) is 4.84 Å². The van der Waals surface area contributed by atoms with Gasteiger partial charge in [0.25, 0.3) is 0 Å². The van der Waals surface area contributed by atoms with Gasteiger partial charge >= 0.3 is 0 Å². The lowest BCUT2D eigenvalue weighted by Gasteiger charge is -2.24. The van der Waals surface area contributed by atoms with Gasteiger partial charge in [0, 0.05) is 18.5 Å².